The maximum absolute atomic E-state index is 12.2. The zero-order valence-corrected chi connectivity index (χ0v) is 13.4. The summed E-state index contributed by atoms with van der Waals surface area (Å²) in [6.07, 6.45) is 0. The molecular formula is C16H12ClN3O2S. The Balaban J connectivity index is 1.82. The van der Waals surface area contributed by atoms with Crippen LogP contribution in [0.5, 0.6) is 0 Å². The van der Waals surface area contributed by atoms with Crippen LogP contribution in [0.4, 0.5) is 5.82 Å². The van der Waals surface area contributed by atoms with E-state index in [1.807, 2.05) is 30.3 Å². The largest absolute Gasteiger partial charge is 0.263 e. The summed E-state index contributed by atoms with van der Waals surface area (Å²) in [6.45, 7) is 0. The van der Waals surface area contributed by atoms with Gasteiger partial charge in [0, 0.05) is 10.6 Å². The second-order valence-electron chi connectivity index (χ2n) is 4.73. The van der Waals surface area contributed by atoms with Crippen molar-refractivity contribution in [3.63, 3.8) is 0 Å². The Hall–Kier alpha value is -2.44. The lowest BCUT2D eigenvalue weighted by atomic mass is 10.1. The fourth-order valence-electron chi connectivity index (χ4n) is 1.96. The highest BCUT2D eigenvalue weighted by Crippen LogP contribution is 2.19. The number of hydrogen-bond donors (Lipinski definition) is 1. The van der Waals surface area contributed by atoms with Gasteiger partial charge in [-0.3, -0.25) is 4.72 Å². The van der Waals surface area contributed by atoms with Gasteiger partial charge in [0.2, 0.25) is 0 Å². The van der Waals surface area contributed by atoms with Crippen molar-refractivity contribution in [1.82, 2.24) is 10.2 Å². The lowest BCUT2D eigenvalue weighted by Crippen LogP contribution is -2.14. The van der Waals surface area contributed by atoms with Crippen LogP contribution < -0.4 is 4.72 Å². The van der Waals surface area contributed by atoms with E-state index in [-0.39, 0.29) is 10.7 Å². The molecule has 3 rings (SSSR count). The number of nitrogens with one attached hydrogen (secondary N) is 1. The fraction of sp³-hybridized carbons (Fsp3) is 0. The molecule has 0 saturated carbocycles. The van der Waals surface area contributed by atoms with Crippen molar-refractivity contribution in [1.29, 1.82) is 0 Å². The number of anilines is 1. The average molecular weight is 346 g/mol. The van der Waals surface area contributed by atoms with Gasteiger partial charge in [-0.05, 0) is 36.4 Å². The quantitative estimate of drug-likeness (QED) is 0.784. The predicted molar refractivity (Wildman–Crippen MR) is 89.7 cm³/mol. The molecule has 0 aliphatic heterocycles. The van der Waals surface area contributed by atoms with Gasteiger partial charge in [-0.2, -0.15) is 0 Å². The van der Waals surface area contributed by atoms with Crippen molar-refractivity contribution >= 4 is 27.4 Å². The van der Waals surface area contributed by atoms with Crippen molar-refractivity contribution in [2.45, 2.75) is 4.90 Å². The zero-order chi connectivity index (χ0) is 16.3. The molecule has 7 heteroatoms. The Morgan fingerprint density at radius 3 is 2.13 bits per heavy atom. The van der Waals surface area contributed by atoms with Crippen molar-refractivity contribution < 1.29 is 8.42 Å². The van der Waals surface area contributed by atoms with Crippen LogP contribution in [0.1, 0.15) is 0 Å². The van der Waals surface area contributed by atoms with E-state index in [4.69, 9.17) is 11.6 Å². The molecule has 1 N–H and O–H groups in total. The Morgan fingerprint density at radius 1 is 0.826 bits per heavy atom. The summed E-state index contributed by atoms with van der Waals surface area (Å²) in [5, 5.41) is 8.43. The SMILES string of the molecule is O=S(=O)(Nc1ccc(-c2ccccc2)nn1)c1ccc(Cl)cc1. The van der Waals surface area contributed by atoms with Crippen LogP contribution >= 0.6 is 11.6 Å². The molecule has 5 nitrogen and oxygen atoms in total. The molecule has 0 aliphatic rings. The Labute approximate surface area is 139 Å². The molecule has 0 amide bonds. The smallest absolute Gasteiger partial charge is 0.262 e. The maximum atomic E-state index is 12.2. The standard InChI is InChI=1S/C16H12ClN3O2S/c17-13-6-8-14(9-7-13)23(21,22)20-16-11-10-15(18-19-16)12-4-2-1-3-5-12/h1-11H,(H,19,20). The van der Waals surface area contributed by atoms with Crippen LogP contribution in [-0.4, -0.2) is 18.6 Å². The number of aromatic nitrogens is 2. The molecule has 0 fully saturated rings. The molecule has 3 aromatic rings. The van der Waals surface area contributed by atoms with Crippen LogP contribution in [0.3, 0.4) is 0 Å². The maximum Gasteiger partial charge on any atom is 0.263 e. The Morgan fingerprint density at radius 2 is 1.52 bits per heavy atom. The molecule has 2 aromatic carbocycles. The summed E-state index contributed by atoms with van der Waals surface area (Å²) < 4.78 is 26.9. The molecule has 0 saturated heterocycles. The minimum atomic E-state index is -3.72. The molecule has 0 unspecified atom stereocenters. The third-order valence-corrected chi connectivity index (χ3v) is 4.72. The molecule has 0 radical (unpaired) electrons. The van der Waals surface area contributed by atoms with E-state index < -0.39 is 10.0 Å². The van der Waals surface area contributed by atoms with Crippen LogP contribution in [-0.2, 0) is 10.0 Å². The van der Waals surface area contributed by atoms with E-state index in [1.165, 1.54) is 24.3 Å². The van der Waals surface area contributed by atoms with Gasteiger partial charge >= 0.3 is 0 Å². The van der Waals surface area contributed by atoms with Crippen LogP contribution in [0.15, 0.2) is 71.6 Å². The number of benzene rings is 2. The fourth-order valence-corrected chi connectivity index (χ4v) is 3.08. The molecule has 116 valence electrons. The van der Waals surface area contributed by atoms with Crippen LogP contribution in [0.25, 0.3) is 11.3 Å². The second kappa shape index (κ2) is 6.36. The number of nitrogens with zero attached hydrogens (tertiary/aromatic N) is 2. The van der Waals surface area contributed by atoms with Gasteiger partial charge in [0.25, 0.3) is 10.0 Å². The monoisotopic (exact) mass is 345 g/mol. The van der Waals surface area contributed by atoms with Gasteiger partial charge in [-0.25, -0.2) is 8.42 Å². The van der Waals surface area contributed by atoms with Crippen LogP contribution in [0, 0.1) is 0 Å². The molecular weight excluding hydrogens is 334 g/mol. The first-order valence-corrected chi connectivity index (χ1v) is 8.58. The normalized spacial score (nSPS) is 11.2. The summed E-state index contributed by atoms with van der Waals surface area (Å²) in [5.74, 6) is 0.152. The molecule has 0 bridgehead atoms. The lowest BCUT2D eigenvalue weighted by molar-refractivity contribution is 0.601. The minimum Gasteiger partial charge on any atom is -0.262 e. The van der Waals surface area contributed by atoms with Gasteiger partial charge in [0.1, 0.15) is 0 Å². The first-order valence-electron chi connectivity index (χ1n) is 6.72. The first-order chi connectivity index (χ1) is 11.0. The number of hydrogen-bond acceptors (Lipinski definition) is 4. The third kappa shape index (κ3) is 3.67. The highest BCUT2D eigenvalue weighted by atomic mass is 35.5. The minimum absolute atomic E-state index is 0.107. The van der Waals surface area contributed by atoms with E-state index in [2.05, 4.69) is 14.9 Å². The average Bonchev–Trinajstić information content (AvgIpc) is 2.56. The van der Waals surface area contributed by atoms with E-state index >= 15 is 0 Å². The Kier molecular flexibility index (Phi) is 4.27. The first kappa shape index (κ1) is 15.5. The van der Waals surface area contributed by atoms with Gasteiger partial charge in [-0.15, -0.1) is 10.2 Å². The summed E-state index contributed by atoms with van der Waals surface area (Å²) >= 11 is 5.76. The van der Waals surface area contributed by atoms with Crippen LogP contribution in [0.2, 0.25) is 5.02 Å². The predicted octanol–water partition coefficient (Wildman–Crippen LogP) is 3.60. The summed E-state index contributed by atoms with van der Waals surface area (Å²) in [5.41, 5.74) is 1.58. The number of halogens is 1. The zero-order valence-electron chi connectivity index (χ0n) is 11.8. The molecule has 1 aromatic heterocycles. The Bertz CT molecular complexity index is 896. The lowest BCUT2D eigenvalue weighted by Gasteiger charge is -2.07. The van der Waals surface area contributed by atoms with E-state index in [1.54, 1.807) is 12.1 Å². The number of sulfonamides is 1. The summed E-state index contributed by atoms with van der Waals surface area (Å²) in [7, 11) is -3.72. The highest BCUT2D eigenvalue weighted by molar-refractivity contribution is 7.92. The third-order valence-electron chi connectivity index (χ3n) is 3.10. The summed E-state index contributed by atoms with van der Waals surface area (Å²) in [4.78, 5) is 0.107. The highest BCUT2D eigenvalue weighted by Gasteiger charge is 2.15. The van der Waals surface area contributed by atoms with Crippen molar-refractivity contribution in [2.75, 3.05) is 4.72 Å². The molecule has 0 spiro atoms. The topological polar surface area (TPSA) is 72.0 Å². The molecule has 0 atom stereocenters. The van der Waals surface area contributed by atoms with E-state index in [0.717, 1.165) is 5.56 Å². The second-order valence-corrected chi connectivity index (χ2v) is 6.85. The van der Waals surface area contributed by atoms with E-state index in [0.29, 0.717) is 10.7 Å². The molecule has 23 heavy (non-hydrogen) atoms. The molecule has 1 heterocycles. The van der Waals surface area contributed by atoms with Gasteiger partial charge in [0.05, 0.1) is 10.6 Å². The summed E-state index contributed by atoms with van der Waals surface area (Å²) in [6, 6.07) is 18.7. The van der Waals surface area contributed by atoms with Gasteiger partial charge in [-0.1, -0.05) is 41.9 Å². The van der Waals surface area contributed by atoms with Gasteiger partial charge < -0.3 is 0 Å². The van der Waals surface area contributed by atoms with Crippen molar-refractivity contribution in [2.24, 2.45) is 0 Å². The van der Waals surface area contributed by atoms with Gasteiger partial charge in [0.15, 0.2) is 5.82 Å². The molecule has 0 aliphatic carbocycles. The van der Waals surface area contributed by atoms with E-state index in [9.17, 15) is 8.42 Å². The van der Waals surface area contributed by atoms with Crippen molar-refractivity contribution in [3.8, 4) is 11.3 Å². The number of rotatable bonds is 4. The van der Waals surface area contributed by atoms with Crippen molar-refractivity contribution in [3.05, 3.63) is 71.8 Å².